The van der Waals surface area contributed by atoms with Gasteiger partial charge in [0.15, 0.2) is 5.58 Å². The van der Waals surface area contributed by atoms with Crippen LogP contribution in [0.4, 0.5) is 23.1 Å². The smallest absolute Gasteiger partial charge is 0.408 e. The lowest BCUT2D eigenvalue weighted by atomic mass is 10.0. The fourth-order valence-electron chi connectivity index (χ4n) is 3.59. The van der Waals surface area contributed by atoms with Gasteiger partial charge in [0.25, 0.3) is 0 Å². The van der Waals surface area contributed by atoms with Crippen LogP contribution in [0.25, 0.3) is 11.1 Å². The number of anilines is 4. The van der Waals surface area contributed by atoms with Gasteiger partial charge in [0.05, 0.1) is 24.8 Å². The van der Waals surface area contributed by atoms with Gasteiger partial charge in [-0.05, 0) is 30.7 Å². The van der Waals surface area contributed by atoms with Crippen LogP contribution in [0, 0.1) is 6.92 Å². The van der Waals surface area contributed by atoms with E-state index in [2.05, 4.69) is 37.0 Å². The molecule has 1 aliphatic rings. The molecule has 31 heavy (non-hydrogen) atoms. The highest BCUT2D eigenvalue weighted by Crippen LogP contribution is 2.28. The maximum absolute atomic E-state index is 11.4. The quantitative estimate of drug-likeness (QED) is 0.390. The maximum atomic E-state index is 11.4. The Hall–Kier alpha value is -3.69. The second-order valence-electron chi connectivity index (χ2n) is 7.37. The number of fused-ring (bicyclic) bond motifs is 1. The van der Waals surface area contributed by atoms with Gasteiger partial charge in [0.2, 0.25) is 5.95 Å². The van der Waals surface area contributed by atoms with E-state index in [1.54, 1.807) is 18.3 Å². The van der Waals surface area contributed by atoms with E-state index in [1.807, 2.05) is 31.2 Å². The van der Waals surface area contributed by atoms with Crippen molar-refractivity contribution in [3.63, 3.8) is 0 Å². The Morgan fingerprint density at radius 3 is 2.94 bits per heavy atom. The number of morpholine rings is 1. The number of benzene rings is 2. The largest absolute Gasteiger partial charge is 0.417 e. The second kappa shape index (κ2) is 8.21. The molecule has 2 aromatic heterocycles. The average molecular weight is 418 g/mol. The average Bonchev–Trinajstić information content (AvgIpc) is 3.16. The number of oxazole rings is 1. The van der Waals surface area contributed by atoms with Gasteiger partial charge in [-0.3, -0.25) is 4.98 Å². The number of hydrogen-bond acceptors (Lipinski definition) is 8. The molecule has 0 aliphatic carbocycles. The van der Waals surface area contributed by atoms with E-state index in [9.17, 15) is 4.79 Å². The molecule has 0 saturated carbocycles. The van der Waals surface area contributed by atoms with Crippen LogP contribution < -0.4 is 21.7 Å². The van der Waals surface area contributed by atoms with Gasteiger partial charge in [-0.15, -0.1) is 0 Å². The number of para-hydroxylation sites is 1. The summed E-state index contributed by atoms with van der Waals surface area (Å²) in [5.41, 5.74) is 4.80. The Kier molecular flexibility index (Phi) is 5.11. The third-order valence-corrected chi connectivity index (χ3v) is 5.16. The standard InChI is InChI=1S/C22H22N6O3/c1-13-11-24-21(26-16-5-3-2-4-15(16)18-12-30-9-8-23-18)28-20(13)25-14-6-7-17-19(10-14)31-22(29)27-17/h2-7,10-11,18,23H,8-9,12H2,1H3,(H,27,29)(H2,24,25,26,28). The molecule has 3 heterocycles. The fraction of sp³-hybridized carbons (Fsp3) is 0.227. The number of rotatable bonds is 5. The summed E-state index contributed by atoms with van der Waals surface area (Å²) in [5.74, 6) is 0.659. The first-order chi connectivity index (χ1) is 15.2. The lowest BCUT2D eigenvalue weighted by Gasteiger charge is -2.26. The van der Waals surface area contributed by atoms with E-state index in [0.717, 1.165) is 35.7 Å². The van der Waals surface area contributed by atoms with Gasteiger partial charge < -0.3 is 25.1 Å². The number of hydrogen-bond donors (Lipinski definition) is 4. The Labute approximate surface area is 177 Å². The lowest BCUT2D eigenvalue weighted by molar-refractivity contribution is 0.0771. The Bertz CT molecular complexity index is 1280. The molecule has 9 nitrogen and oxygen atoms in total. The lowest BCUT2D eigenvalue weighted by Crippen LogP contribution is -2.34. The molecule has 0 amide bonds. The van der Waals surface area contributed by atoms with E-state index in [1.165, 1.54) is 0 Å². The fourth-order valence-corrected chi connectivity index (χ4v) is 3.59. The summed E-state index contributed by atoms with van der Waals surface area (Å²) in [6.45, 7) is 4.09. The molecular weight excluding hydrogens is 396 g/mol. The van der Waals surface area contributed by atoms with Crippen molar-refractivity contribution in [1.29, 1.82) is 0 Å². The summed E-state index contributed by atoms with van der Waals surface area (Å²) in [4.78, 5) is 23.1. The van der Waals surface area contributed by atoms with Crippen LogP contribution in [0.15, 0.2) is 57.9 Å². The van der Waals surface area contributed by atoms with Gasteiger partial charge in [-0.25, -0.2) is 9.78 Å². The normalized spacial score (nSPS) is 16.4. The molecule has 4 aromatic rings. The van der Waals surface area contributed by atoms with Gasteiger partial charge in [0, 0.05) is 35.7 Å². The van der Waals surface area contributed by atoms with Crippen LogP contribution in [0.1, 0.15) is 17.2 Å². The number of nitrogens with zero attached hydrogens (tertiary/aromatic N) is 2. The number of H-pyrrole nitrogens is 1. The second-order valence-corrected chi connectivity index (χ2v) is 7.37. The first-order valence-electron chi connectivity index (χ1n) is 10.1. The summed E-state index contributed by atoms with van der Waals surface area (Å²) in [6.07, 6.45) is 1.76. The molecule has 0 bridgehead atoms. The predicted octanol–water partition coefficient (Wildman–Crippen LogP) is 3.37. The van der Waals surface area contributed by atoms with E-state index < -0.39 is 5.76 Å². The van der Waals surface area contributed by atoms with Crippen LogP contribution in [0.3, 0.4) is 0 Å². The zero-order valence-electron chi connectivity index (χ0n) is 16.9. The van der Waals surface area contributed by atoms with E-state index >= 15 is 0 Å². The van der Waals surface area contributed by atoms with Crippen LogP contribution in [-0.2, 0) is 4.74 Å². The molecule has 1 saturated heterocycles. The molecule has 5 rings (SSSR count). The number of aryl methyl sites for hydroxylation is 1. The number of ether oxygens (including phenoxy) is 1. The van der Waals surface area contributed by atoms with Gasteiger partial charge >= 0.3 is 5.76 Å². The molecule has 1 fully saturated rings. The summed E-state index contributed by atoms with van der Waals surface area (Å²) >= 11 is 0. The molecule has 1 unspecified atom stereocenters. The van der Waals surface area contributed by atoms with Crippen molar-refractivity contribution in [2.24, 2.45) is 0 Å². The number of nitrogens with one attached hydrogen (secondary N) is 4. The van der Waals surface area contributed by atoms with Crippen molar-refractivity contribution >= 4 is 34.2 Å². The van der Waals surface area contributed by atoms with Crippen LogP contribution in [0.2, 0.25) is 0 Å². The van der Waals surface area contributed by atoms with Crippen molar-refractivity contribution in [1.82, 2.24) is 20.3 Å². The van der Waals surface area contributed by atoms with Crippen molar-refractivity contribution in [2.75, 3.05) is 30.4 Å². The minimum absolute atomic E-state index is 0.114. The van der Waals surface area contributed by atoms with Gasteiger partial charge in [-0.1, -0.05) is 18.2 Å². The Balaban J connectivity index is 1.40. The van der Waals surface area contributed by atoms with Crippen LogP contribution >= 0.6 is 0 Å². The molecule has 0 spiro atoms. The van der Waals surface area contributed by atoms with Crippen molar-refractivity contribution in [3.8, 4) is 0 Å². The number of aromatic amines is 1. The highest BCUT2D eigenvalue weighted by atomic mass is 16.5. The van der Waals surface area contributed by atoms with Crippen molar-refractivity contribution in [3.05, 3.63) is 70.3 Å². The molecule has 1 aliphatic heterocycles. The monoisotopic (exact) mass is 418 g/mol. The molecule has 158 valence electrons. The van der Waals surface area contributed by atoms with Gasteiger partial charge in [0.1, 0.15) is 5.82 Å². The summed E-state index contributed by atoms with van der Waals surface area (Å²) in [6, 6.07) is 13.6. The van der Waals surface area contributed by atoms with E-state index in [0.29, 0.717) is 29.5 Å². The van der Waals surface area contributed by atoms with Gasteiger partial charge in [-0.2, -0.15) is 4.98 Å². The molecule has 2 aromatic carbocycles. The number of aromatic nitrogens is 3. The zero-order valence-corrected chi connectivity index (χ0v) is 16.9. The maximum Gasteiger partial charge on any atom is 0.417 e. The molecule has 4 N–H and O–H groups in total. The van der Waals surface area contributed by atoms with E-state index in [-0.39, 0.29) is 6.04 Å². The highest BCUT2D eigenvalue weighted by Gasteiger charge is 2.18. The first-order valence-corrected chi connectivity index (χ1v) is 10.1. The summed E-state index contributed by atoms with van der Waals surface area (Å²) < 4.78 is 10.8. The first kappa shape index (κ1) is 19.3. The summed E-state index contributed by atoms with van der Waals surface area (Å²) in [5, 5.41) is 10.1. The zero-order chi connectivity index (χ0) is 21.2. The molecule has 9 heteroatoms. The molecule has 0 radical (unpaired) electrons. The minimum atomic E-state index is -0.478. The Morgan fingerprint density at radius 2 is 2.06 bits per heavy atom. The third-order valence-electron chi connectivity index (χ3n) is 5.16. The van der Waals surface area contributed by atoms with Crippen LogP contribution in [-0.4, -0.2) is 34.7 Å². The van der Waals surface area contributed by atoms with Crippen molar-refractivity contribution < 1.29 is 9.15 Å². The Morgan fingerprint density at radius 1 is 1.16 bits per heavy atom. The topological polar surface area (TPSA) is 117 Å². The highest BCUT2D eigenvalue weighted by molar-refractivity contribution is 5.78. The third kappa shape index (κ3) is 4.14. The SMILES string of the molecule is Cc1cnc(Nc2ccccc2C2COCCN2)nc1Nc1ccc2[nH]c(=O)oc2c1. The predicted molar refractivity (Wildman–Crippen MR) is 118 cm³/mol. The van der Waals surface area contributed by atoms with Crippen molar-refractivity contribution in [2.45, 2.75) is 13.0 Å². The minimum Gasteiger partial charge on any atom is -0.408 e. The van der Waals surface area contributed by atoms with E-state index in [4.69, 9.17) is 9.15 Å². The molecular formula is C22H22N6O3. The van der Waals surface area contributed by atoms with Crippen LogP contribution in [0.5, 0.6) is 0 Å². The summed E-state index contributed by atoms with van der Waals surface area (Å²) in [7, 11) is 0. The molecule has 1 atom stereocenters.